The second-order valence-corrected chi connectivity index (χ2v) is 10.4. The fourth-order valence-electron chi connectivity index (χ4n) is 3.89. The van der Waals surface area contributed by atoms with Crippen molar-refractivity contribution in [3.8, 4) is 6.07 Å². The first-order chi connectivity index (χ1) is 15.9. The van der Waals surface area contributed by atoms with Crippen LogP contribution in [0, 0.1) is 11.3 Å². The van der Waals surface area contributed by atoms with E-state index < -0.39 is 15.9 Å². The fraction of sp³-hybridized carbons (Fsp3) is 0.348. The molecule has 33 heavy (non-hydrogen) atoms. The van der Waals surface area contributed by atoms with E-state index in [2.05, 4.69) is 10.2 Å². The average Bonchev–Trinajstić information content (AvgIpc) is 3.46. The van der Waals surface area contributed by atoms with Crippen LogP contribution in [0.5, 0.6) is 0 Å². The lowest BCUT2D eigenvalue weighted by Gasteiger charge is -2.18. The van der Waals surface area contributed by atoms with Crippen molar-refractivity contribution in [2.75, 3.05) is 6.61 Å². The van der Waals surface area contributed by atoms with Crippen LogP contribution in [-0.2, 0) is 33.3 Å². The van der Waals surface area contributed by atoms with Crippen molar-refractivity contribution in [1.29, 1.82) is 5.26 Å². The molecule has 1 aliphatic rings. The Kier molecular flexibility index (Phi) is 7.10. The lowest BCUT2D eigenvalue weighted by atomic mass is 10.1. The lowest BCUT2D eigenvalue weighted by molar-refractivity contribution is 0.0937. The third kappa shape index (κ3) is 5.60. The highest BCUT2D eigenvalue weighted by Crippen LogP contribution is 2.24. The second-order valence-electron chi connectivity index (χ2n) is 8.09. The van der Waals surface area contributed by atoms with Crippen molar-refractivity contribution in [3.05, 3.63) is 76.1 Å². The summed E-state index contributed by atoms with van der Waals surface area (Å²) in [7, 11) is -3.82. The van der Waals surface area contributed by atoms with Gasteiger partial charge in [0, 0.05) is 11.6 Å². The molecule has 1 fully saturated rings. The van der Waals surface area contributed by atoms with Crippen molar-refractivity contribution in [1.82, 2.24) is 14.8 Å². The number of aromatic nitrogens is 3. The molecule has 2 heterocycles. The first-order valence-electron chi connectivity index (χ1n) is 10.6. The molecule has 0 bridgehead atoms. The predicted molar refractivity (Wildman–Crippen MR) is 123 cm³/mol. The third-order valence-electron chi connectivity index (χ3n) is 5.57. The van der Waals surface area contributed by atoms with Gasteiger partial charge in [-0.05, 0) is 54.7 Å². The fourth-order valence-corrected chi connectivity index (χ4v) is 5.45. The van der Waals surface area contributed by atoms with Crippen LogP contribution >= 0.6 is 11.6 Å². The van der Waals surface area contributed by atoms with Gasteiger partial charge in [-0.1, -0.05) is 35.9 Å². The largest absolute Gasteiger partial charge is 0.376 e. The number of rotatable bonds is 8. The van der Waals surface area contributed by atoms with Crippen molar-refractivity contribution in [2.45, 2.75) is 48.9 Å². The first kappa shape index (κ1) is 23.4. The summed E-state index contributed by atoms with van der Waals surface area (Å²) >= 11 is 5.97. The highest BCUT2D eigenvalue weighted by atomic mass is 35.5. The van der Waals surface area contributed by atoms with Crippen LogP contribution in [0.15, 0.2) is 53.7 Å². The number of nitrogens with two attached hydrogens (primary N) is 1. The van der Waals surface area contributed by atoms with Gasteiger partial charge in [-0.3, -0.25) is 4.57 Å². The van der Waals surface area contributed by atoms with Gasteiger partial charge in [0.2, 0.25) is 15.0 Å². The number of benzene rings is 2. The van der Waals surface area contributed by atoms with Crippen molar-refractivity contribution >= 4 is 21.4 Å². The molecule has 2 N–H and O–H groups in total. The highest BCUT2D eigenvalue weighted by molar-refractivity contribution is 7.90. The molecule has 3 aromatic rings. The molecule has 0 aliphatic carbocycles. The topological polar surface area (TPSA) is 124 Å². The Labute approximate surface area is 197 Å². The van der Waals surface area contributed by atoms with Gasteiger partial charge in [-0.2, -0.15) is 5.26 Å². The molecule has 0 saturated carbocycles. The molecule has 0 spiro atoms. The minimum Gasteiger partial charge on any atom is -0.376 e. The molecule has 1 aliphatic heterocycles. The summed E-state index contributed by atoms with van der Waals surface area (Å²) in [5.41, 5.74) is 8.45. The van der Waals surface area contributed by atoms with E-state index in [-0.39, 0.29) is 17.0 Å². The van der Waals surface area contributed by atoms with E-state index in [1.54, 1.807) is 41.0 Å². The first-order valence-corrected chi connectivity index (χ1v) is 12.7. The van der Waals surface area contributed by atoms with Crippen LogP contribution in [0.4, 0.5) is 0 Å². The minimum absolute atomic E-state index is 0.119. The van der Waals surface area contributed by atoms with E-state index in [1.807, 2.05) is 18.2 Å². The van der Waals surface area contributed by atoms with E-state index in [0.29, 0.717) is 41.5 Å². The summed E-state index contributed by atoms with van der Waals surface area (Å²) in [5, 5.41) is 17.7. The van der Waals surface area contributed by atoms with Gasteiger partial charge in [0.05, 0.1) is 36.1 Å². The molecule has 2 unspecified atom stereocenters. The van der Waals surface area contributed by atoms with Crippen LogP contribution in [0.3, 0.4) is 0 Å². The maximum Gasteiger partial charge on any atom is 0.250 e. The Bertz CT molecular complexity index is 1240. The van der Waals surface area contributed by atoms with Crippen molar-refractivity contribution in [3.63, 3.8) is 0 Å². The minimum atomic E-state index is -3.82. The van der Waals surface area contributed by atoms with Crippen LogP contribution < -0.4 is 5.73 Å². The summed E-state index contributed by atoms with van der Waals surface area (Å²) in [5.74, 6) is 0.147. The molecular formula is C23H24ClN5O3S. The average molecular weight is 486 g/mol. The standard InChI is InChI=1S/C23H24ClN5O3S/c24-19-9-7-16(8-10-19)12-21(26)22-27-28-23(29(22)14-20-2-1-11-32-20)33(30,31)15-18-5-3-17(13-25)4-6-18/h3-10,20-21H,1-2,11-12,14-15,26H2. The van der Waals surface area contributed by atoms with Crippen LogP contribution in [0.25, 0.3) is 0 Å². The predicted octanol–water partition coefficient (Wildman–Crippen LogP) is 3.20. The number of nitrogens with zero attached hydrogens (tertiary/aromatic N) is 4. The van der Waals surface area contributed by atoms with Gasteiger partial charge < -0.3 is 10.5 Å². The third-order valence-corrected chi connectivity index (χ3v) is 7.40. The maximum absolute atomic E-state index is 13.3. The van der Waals surface area contributed by atoms with Crippen molar-refractivity contribution < 1.29 is 13.2 Å². The number of halogens is 1. The number of hydrogen-bond acceptors (Lipinski definition) is 7. The molecule has 1 aromatic heterocycles. The quantitative estimate of drug-likeness (QED) is 0.519. The van der Waals surface area contributed by atoms with E-state index >= 15 is 0 Å². The molecule has 0 amide bonds. The molecule has 0 radical (unpaired) electrons. The lowest BCUT2D eigenvalue weighted by Crippen LogP contribution is -2.25. The second kappa shape index (κ2) is 10.0. The highest BCUT2D eigenvalue weighted by Gasteiger charge is 2.30. The van der Waals surface area contributed by atoms with Gasteiger partial charge >= 0.3 is 0 Å². The maximum atomic E-state index is 13.3. The Hall–Kier alpha value is -2.77. The Morgan fingerprint density at radius 1 is 1.15 bits per heavy atom. The molecule has 2 atom stereocenters. The van der Waals surface area contributed by atoms with E-state index in [1.165, 1.54) is 0 Å². The molecule has 1 saturated heterocycles. The summed E-state index contributed by atoms with van der Waals surface area (Å²) < 4.78 is 33.9. The van der Waals surface area contributed by atoms with E-state index in [0.717, 1.165) is 18.4 Å². The van der Waals surface area contributed by atoms with Gasteiger partial charge in [0.15, 0.2) is 5.82 Å². The van der Waals surface area contributed by atoms with Gasteiger partial charge in [0.1, 0.15) is 0 Å². The molecule has 4 rings (SSSR count). The number of hydrogen-bond donors (Lipinski definition) is 1. The summed E-state index contributed by atoms with van der Waals surface area (Å²) in [6.07, 6.45) is 2.09. The van der Waals surface area contributed by atoms with Gasteiger partial charge in [-0.25, -0.2) is 8.42 Å². The van der Waals surface area contributed by atoms with Crippen LogP contribution in [0.2, 0.25) is 5.02 Å². The van der Waals surface area contributed by atoms with E-state index in [9.17, 15) is 8.42 Å². The molecule has 10 heteroatoms. The molecule has 8 nitrogen and oxygen atoms in total. The zero-order chi connectivity index (χ0) is 23.4. The zero-order valence-corrected chi connectivity index (χ0v) is 19.5. The SMILES string of the molecule is N#Cc1ccc(CS(=O)(=O)c2nnc(C(N)Cc3ccc(Cl)cc3)n2CC2CCCO2)cc1. The van der Waals surface area contributed by atoms with E-state index in [4.69, 9.17) is 27.3 Å². The monoisotopic (exact) mass is 485 g/mol. The van der Waals surface area contributed by atoms with Gasteiger partial charge in [0.25, 0.3) is 0 Å². The van der Waals surface area contributed by atoms with Crippen LogP contribution in [0.1, 0.15) is 41.4 Å². The summed E-state index contributed by atoms with van der Waals surface area (Å²) in [6.45, 7) is 0.963. The Morgan fingerprint density at radius 3 is 2.48 bits per heavy atom. The molecule has 172 valence electrons. The number of nitriles is 1. The normalized spacial score (nSPS) is 17.1. The Balaban J connectivity index is 1.64. The van der Waals surface area contributed by atoms with Gasteiger partial charge in [-0.15, -0.1) is 10.2 Å². The van der Waals surface area contributed by atoms with Crippen molar-refractivity contribution in [2.24, 2.45) is 5.73 Å². The summed E-state index contributed by atoms with van der Waals surface area (Å²) in [6, 6.07) is 15.2. The number of sulfone groups is 1. The number of ether oxygens (including phenoxy) is 1. The summed E-state index contributed by atoms with van der Waals surface area (Å²) in [4.78, 5) is 0. The van der Waals surface area contributed by atoms with Crippen LogP contribution in [-0.4, -0.2) is 35.9 Å². The Morgan fingerprint density at radius 2 is 1.85 bits per heavy atom. The zero-order valence-electron chi connectivity index (χ0n) is 17.9. The smallest absolute Gasteiger partial charge is 0.250 e. The molecule has 2 aromatic carbocycles. The molecular weight excluding hydrogens is 462 g/mol.